The first kappa shape index (κ1) is 17.3. The van der Waals surface area contributed by atoms with E-state index in [1.807, 2.05) is 18.5 Å². The van der Waals surface area contributed by atoms with E-state index in [0.717, 1.165) is 17.2 Å². The Kier molecular flexibility index (Phi) is 4.79. The van der Waals surface area contributed by atoms with Gasteiger partial charge < -0.3 is 9.47 Å². The fourth-order valence-electron chi connectivity index (χ4n) is 3.09. The molecule has 10 nitrogen and oxygen atoms in total. The second kappa shape index (κ2) is 7.18. The number of nitrogens with zero attached hydrogens (tertiary/aromatic N) is 9. The van der Waals surface area contributed by atoms with Gasteiger partial charge in [0.25, 0.3) is 5.91 Å². The first-order valence-electron chi connectivity index (χ1n) is 8.03. The molecule has 0 fully saturated rings. The van der Waals surface area contributed by atoms with Crippen molar-refractivity contribution in [1.29, 1.82) is 0 Å². The first-order chi connectivity index (χ1) is 12.5. The number of imidazole rings is 1. The molecule has 1 aromatic carbocycles. The third-order valence-corrected chi connectivity index (χ3v) is 4.47. The number of azide groups is 2. The summed E-state index contributed by atoms with van der Waals surface area (Å²) in [6.07, 6.45) is 0.699. The average molecular weight is 351 g/mol. The van der Waals surface area contributed by atoms with Crippen molar-refractivity contribution in [1.82, 2.24) is 14.5 Å². The van der Waals surface area contributed by atoms with Gasteiger partial charge in [-0.15, -0.1) is 0 Å². The van der Waals surface area contributed by atoms with Crippen molar-refractivity contribution in [3.63, 3.8) is 0 Å². The van der Waals surface area contributed by atoms with E-state index in [1.54, 1.807) is 23.1 Å². The Hall–Kier alpha value is -3.48. The normalized spacial score (nSPS) is 12.8. The zero-order valence-electron chi connectivity index (χ0n) is 14.5. The van der Waals surface area contributed by atoms with Gasteiger partial charge in [-0.3, -0.25) is 4.79 Å². The number of rotatable bonds is 4. The quantitative estimate of drug-likeness (QED) is 0.471. The molecule has 0 radical (unpaired) electrons. The third kappa shape index (κ3) is 3.32. The molecule has 132 valence electrons. The second-order valence-corrected chi connectivity index (χ2v) is 6.05. The fraction of sp³-hybridized carbons (Fsp3) is 0.375. The number of aryl methyl sites for hydroxylation is 1. The van der Waals surface area contributed by atoms with Crippen molar-refractivity contribution in [3.8, 4) is 0 Å². The molecule has 2 heterocycles. The highest BCUT2D eigenvalue weighted by atomic mass is 16.2. The van der Waals surface area contributed by atoms with Gasteiger partial charge in [0.1, 0.15) is 5.82 Å². The number of hydrogen-bond acceptors (Lipinski definition) is 4. The molecular weight excluding hydrogens is 334 g/mol. The Balaban J connectivity index is 1.91. The summed E-state index contributed by atoms with van der Waals surface area (Å²) in [7, 11) is 1.94. The minimum absolute atomic E-state index is 0.0800. The molecule has 1 amide bonds. The number of carbonyl (C=O) groups excluding carboxylic acids is 1. The van der Waals surface area contributed by atoms with E-state index in [-0.39, 0.29) is 12.5 Å². The van der Waals surface area contributed by atoms with E-state index in [4.69, 9.17) is 11.1 Å². The Morgan fingerprint density at radius 1 is 1.31 bits per heavy atom. The van der Waals surface area contributed by atoms with Crippen molar-refractivity contribution >= 4 is 11.6 Å². The number of carbonyl (C=O) groups is 1. The summed E-state index contributed by atoms with van der Waals surface area (Å²) in [5.41, 5.74) is 20.6. The van der Waals surface area contributed by atoms with Crippen molar-refractivity contribution in [2.75, 3.05) is 6.54 Å². The monoisotopic (exact) mass is 351 g/mol. The molecule has 1 aliphatic rings. The molecule has 0 bridgehead atoms. The van der Waals surface area contributed by atoms with Gasteiger partial charge in [0, 0.05) is 41.1 Å². The van der Waals surface area contributed by atoms with E-state index >= 15 is 0 Å². The fourth-order valence-corrected chi connectivity index (χ4v) is 3.09. The van der Waals surface area contributed by atoms with E-state index in [1.165, 1.54) is 0 Å². The van der Waals surface area contributed by atoms with Crippen LogP contribution in [0.1, 0.15) is 33.1 Å². The van der Waals surface area contributed by atoms with Crippen molar-refractivity contribution < 1.29 is 4.79 Å². The van der Waals surface area contributed by atoms with Crippen LogP contribution in [0.25, 0.3) is 20.9 Å². The Labute approximate surface area is 149 Å². The minimum Gasteiger partial charge on any atom is -0.334 e. The van der Waals surface area contributed by atoms with Crippen LogP contribution in [0.4, 0.5) is 5.69 Å². The lowest BCUT2D eigenvalue weighted by molar-refractivity contribution is 0.0730. The summed E-state index contributed by atoms with van der Waals surface area (Å²) < 4.78 is 2.00. The molecule has 0 saturated carbocycles. The topological polar surface area (TPSA) is 136 Å². The van der Waals surface area contributed by atoms with Crippen LogP contribution in [0.15, 0.2) is 28.4 Å². The van der Waals surface area contributed by atoms with Crippen LogP contribution in [0, 0.1) is 6.92 Å². The van der Waals surface area contributed by atoms with Gasteiger partial charge in [0.05, 0.1) is 24.5 Å². The molecule has 0 N–H and O–H groups in total. The van der Waals surface area contributed by atoms with Gasteiger partial charge >= 0.3 is 0 Å². The van der Waals surface area contributed by atoms with Crippen molar-refractivity contribution in [2.45, 2.75) is 26.4 Å². The Morgan fingerprint density at radius 3 is 2.85 bits per heavy atom. The van der Waals surface area contributed by atoms with Crippen molar-refractivity contribution in [3.05, 3.63) is 67.4 Å². The highest BCUT2D eigenvalue weighted by Gasteiger charge is 2.26. The average Bonchev–Trinajstić information content (AvgIpc) is 2.93. The highest BCUT2D eigenvalue weighted by Crippen LogP contribution is 2.24. The smallest absolute Gasteiger partial charge is 0.254 e. The highest BCUT2D eigenvalue weighted by molar-refractivity contribution is 5.95. The molecule has 0 atom stereocenters. The zero-order chi connectivity index (χ0) is 18.7. The van der Waals surface area contributed by atoms with E-state index < -0.39 is 0 Å². The predicted octanol–water partition coefficient (Wildman–Crippen LogP) is 3.68. The zero-order valence-corrected chi connectivity index (χ0v) is 14.5. The summed E-state index contributed by atoms with van der Waals surface area (Å²) >= 11 is 0. The first-order valence-corrected chi connectivity index (χ1v) is 8.03. The largest absolute Gasteiger partial charge is 0.334 e. The number of hydrogen-bond donors (Lipinski definition) is 0. The molecule has 0 saturated heterocycles. The lowest BCUT2D eigenvalue weighted by Crippen LogP contribution is -2.36. The van der Waals surface area contributed by atoms with Crippen LogP contribution in [0.2, 0.25) is 0 Å². The van der Waals surface area contributed by atoms with Gasteiger partial charge in [0.15, 0.2) is 0 Å². The maximum Gasteiger partial charge on any atom is 0.254 e. The van der Waals surface area contributed by atoms with Gasteiger partial charge in [-0.05, 0) is 41.7 Å². The Bertz CT molecular complexity index is 964. The lowest BCUT2D eigenvalue weighted by Gasteiger charge is -2.27. The number of benzene rings is 1. The molecular formula is C16H17N9O. The molecule has 1 aliphatic heterocycles. The number of amides is 1. The van der Waals surface area contributed by atoms with Crippen LogP contribution in [0.5, 0.6) is 0 Å². The number of aromatic nitrogens is 2. The molecule has 1 aromatic heterocycles. The molecule has 0 aliphatic carbocycles. The van der Waals surface area contributed by atoms with Crippen LogP contribution in [0.3, 0.4) is 0 Å². The lowest BCUT2D eigenvalue weighted by atomic mass is 10.1. The minimum atomic E-state index is -0.160. The van der Waals surface area contributed by atoms with Gasteiger partial charge in [-0.2, -0.15) is 0 Å². The maximum absolute atomic E-state index is 13.0. The molecule has 3 rings (SSSR count). The number of fused-ring (bicyclic) bond motifs is 1. The molecule has 2 aromatic rings. The maximum atomic E-state index is 13.0. The third-order valence-electron chi connectivity index (χ3n) is 4.47. The van der Waals surface area contributed by atoms with Crippen molar-refractivity contribution in [2.24, 2.45) is 17.3 Å². The molecule has 26 heavy (non-hydrogen) atoms. The van der Waals surface area contributed by atoms with Crippen LogP contribution < -0.4 is 0 Å². The standard InChI is InChI=1S/C16H17N9O/c1-10-20-14-3-4-25(9-15(14)24(10)2)16(26)12-5-11(8-19-22-17)6-13(7-12)21-23-18/h5-7H,3-4,8-9H2,1-2H3. The van der Waals surface area contributed by atoms with Gasteiger partial charge in [-0.1, -0.05) is 10.2 Å². The second-order valence-electron chi connectivity index (χ2n) is 6.05. The summed E-state index contributed by atoms with van der Waals surface area (Å²) in [4.78, 5) is 24.7. The van der Waals surface area contributed by atoms with Gasteiger partial charge in [-0.25, -0.2) is 4.98 Å². The molecule has 10 heteroatoms. The van der Waals surface area contributed by atoms with E-state index in [0.29, 0.717) is 36.3 Å². The summed E-state index contributed by atoms with van der Waals surface area (Å²) in [5.74, 6) is 0.762. The summed E-state index contributed by atoms with van der Waals surface area (Å²) in [5, 5.41) is 7.09. The van der Waals surface area contributed by atoms with E-state index in [9.17, 15) is 4.79 Å². The molecule has 0 unspecified atom stereocenters. The van der Waals surface area contributed by atoms with Crippen LogP contribution >= 0.6 is 0 Å². The predicted molar refractivity (Wildman–Crippen MR) is 94.5 cm³/mol. The summed E-state index contributed by atoms with van der Waals surface area (Å²) in [6.45, 7) is 3.06. The Morgan fingerprint density at radius 2 is 2.12 bits per heavy atom. The van der Waals surface area contributed by atoms with Crippen LogP contribution in [-0.2, 0) is 26.6 Å². The molecule has 0 spiro atoms. The van der Waals surface area contributed by atoms with Gasteiger partial charge in [0.2, 0.25) is 0 Å². The van der Waals surface area contributed by atoms with E-state index in [2.05, 4.69) is 25.0 Å². The van der Waals surface area contributed by atoms with Crippen LogP contribution in [-0.4, -0.2) is 26.9 Å². The SMILES string of the molecule is Cc1nc2c(n1C)CN(C(=O)c1cc(CN=[N+]=[N-])cc(N=[N+]=[N-])c1)CC2. The summed E-state index contributed by atoms with van der Waals surface area (Å²) in [6, 6.07) is 4.81.